The monoisotopic (exact) mass is 319 g/mol. The fourth-order valence-electron chi connectivity index (χ4n) is 2.87. The van der Waals surface area contributed by atoms with Crippen molar-refractivity contribution in [1.82, 2.24) is 14.5 Å². The Morgan fingerprint density at radius 3 is 2.82 bits per heavy atom. The van der Waals surface area contributed by atoms with Crippen molar-refractivity contribution < 1.29 is 4.74 Å². The number of imidazole rings is 1. The molecule has 4 nitrogen and oxygen atoms in total. The van der Waals surface area contributed by atoms with E-state index in [0.717, 1.165) is 31.3 Å². The number of hydrogen-bond acceptors (Lipinski definition) is 3. The number of morpholine rings is 1. The van der Waals surface area contributed by atoms with Gasteiger partial charge in [0.05, 0.1) is 24.7 Å². The second-order valence-electron chi connectivity index (χ2n) is 6.03. The van der Waals surface area contributed by atoms with Crippen LogP contribution >= 0.6 is 11.6 Å². The predicted molar refractivity (Wildman–Crippen MR) is 88.0 cm³/mol. The summed E-state index contributed by atoms with van der Waals surface area (Å²) in [7, 11) is 0. The standard InChI is InChI=1S/C17H22ClN3O/c1-13(2)21-12-19-9-16(21)10-20-7-8-22-17(11-20)14-3-5-15(18)6-4-14/h3-6,9,12-13,17H,7-8,10-11H2,1-2H3. The average molecular weight is 320 g/mol. The normalized spacial score (nSPS) is 19.7. The van der Waals surface area contributed by atoms with Gasteiger partial charge >= 0.3 is 0 Å². The van der Waals surface area contributed by atoms with Gasteiger partial charge in [0.25, 0.3) is 0 Å². The van der Waals surface area contributed by atoms with Gasteiger partial charge in [-0.2, -0.15) is 0 Å². The van der Waals surface area contributed by atoms with Gasteiger partial charge in [0, 0.05) is 36.9 Å². The van der Waals surface area contributed by atoms with E-state index in [1.165, 1.54) is 11.3 Å². The van der Waals surface area contributed by atoms with Gasteiger partial charge in [-0.05, 0) is 31.5 Å². The van der Waals surface area contributed by atoms with Crippen LogP contribution in [-0.4, -0.2) is 34.1 Å². The minimum atomic E-state index is 0.112. The van der Waals surface area contributed by atoms with Gasteiger partial charge in [-0.1, -0.05) is 23.7 Å². The van der Waals surface area contributed by atoms with Crippen molar-refractivity contribution in [1.29, 1.82) is 0 Å². The van der Waals surface area contributed by atoms with E-state index >= 15 is 0 Å². The number of benzene rings is 1. The van der Waals surface area contributed by atoms with Gasteiger partial charge in [-0.3, -0.25) is 4.90 Å². The molecule has 0 spiro atoms. The van der Waals surface area contributed by atoms with Crippen molar-refractivity contribution in [3.05, 3.63) is 53.1 Å². The van der Waals surface area contributed by atoms with Gasteiger partial charge < -0.3 is 9.30 Å². The Morgan fingerprint density at radius 1 is 1.32 bits per heavy atom. The quantitative estimate of drug-likeness (QED) is 0.861. The summed E-state index contributed by atoms with van der Waals surface area (Å²) >= 11 is 5.96. The molecule has 0 radical (unpaired) electrons. The maximum atomic E-state index is 5.96. The van der Waals surface area contributed by atoms with Crippen LogP contribution in [0.5, 0.6) is 0 Å². The molecule has 2 heterocycles. The van der Waals surface area contributed by atoms with E-state index in [-0.39, 0.29) is 6.10 Å². The van der Waals surface area contributed by atoms with E-state index in [2.05, 4.69) is 40.4 Å². The summed E-state index contributed by atoms with van der Waals surface area (Å²) in [5, 5.41) is 0.761. The molecule has 2 aromatic rings. The number of halogens is 1. The molecule has 3 rings (SSSR count). The maximum Gasteiger partial charge on any atom is 0.0952 e. The first kappa shape index (κ1) is 15.5. The minimum absolute atomic E-state index is 0.112. The Bertz CT molecular complexity index is 609. The second-order valence-corrected chi connectivity index (χ2v) is 6.47. The van der Waals surface area contributed by atoms with Gasteiger partial charge in [0.15, 0.2) is 0 Å². The summed E-state index contributed by atoms with van der Waals surface area (Å²) in [5.41, 5.74) is 2.44. The molecule has 0 N–H and O–H groups in total. The number of aromatic nitrogens is 2. The predicted octanol–water partition coefficient (Wildman–Crippen LogP) is 3.69. The first-order chi connectivity index (χ1) is 10.6. The van der Waals surface area contributed by atoms with E-state index < -0.39 is 0 Å². The summed E-state index contributed by atoms with van der Waals surface area (Å²) in [6.07, 6.45) is 3.99. The van der Waals surface area contributed by atoms with Gasteiger partial charge in [0.1, 0.15) is 0 Å². The lowest BCUT2D eigenvalue weighted by Gasteiger charge is -2.33. The van der Waals surface area contributed by atoms with Crippen molar-refractivity contribution >= 4 is 11.6 Å². The van der Waals surface area contributed by atoms with Crippen LogP contribution in [0.1, 0.15) is 37.3 Å². The summed E-state index contributed by atoms with van der Waals surface area (Å²) < 4.78 is 8.15. The smallest absolute Gasteiger partial charge is 0.0952 e. The van der Waals surface area contributed by atoms with Gasteiger partial charge in [0.2, 0.25) is 0 Å². The molecule has 1 aliphatic heterocycles. The third kappa shape index (κ3) is 3.51. The zero-order valence-electron chi connectivity index (χ0n) is 13.1. The molecule has 22 heavy (non-hydrogen) atoms. The zero-order chi connectivity index (χ0) is 15.5. The van der Waals surface area contributed by atoms with E-state index in [0.29, 0.717) is 6.04 Å². The Labute approximate surface area is 136 Å². The molecule has 1 unspecified atom stereocenters. The molecule has 5 heteroatoms. The Balaban J connectivity index is 1.68. The largest absolute Gasteiger partial charge is 0.371 e. The first-order valence-corrected chi connectivity index (χ1v) is 8.11. The van der Waals surface area contributed by atoms with Crippen LogP contribution in [0.4, 0.5) is 0 Å². The molecule has 1 fully saturated rings. The number of ether oxygens (including phenoxy) is 1. The molecule has 1 saturated heterocycles. The van der Waals surface area contributed by atoms with Crippen molar-refractivity contribution in [2.45, 2.75) is 32.5 Å². The highest BCUT2D eigenvalue weighted by Crippen LogP contribution is 2.24. The highest BCUT2D eigenvalue weighted by atomic mass is 35.5. The topological polar surface area (TPSA) is 30.3 Å². The summed E-state index contributed by atoms with van der Waals surface area (Å²) in [5.74, 6) is 0. The highest BCUT2D eigenvalue weighted by Gasteiger charge is 2.23. The molecule has 0 amide bonds. The molecular weight excluding hydrogens is 298 g/mol. The summed E-state index contributed by atoms with van der Waals surface area (Å²) in [6, 6.07) is 8.38. The molecule has 1 aliphatic rings. The Hall–Kier alpha value is -1.36. The number of nitrogens with zero attached hydrogens (tertiary/aromatic N) is 3. The molecule has 118 valence electrons. The van der Waals surface area contributed by atoms with Gasteiger partial charge in [-0.15, -0.1) is 0 Å². The van der Waals surface area contributed by atoms with E-state index in [4.69, 9.17) is 16.3 Å². The van der Waals surface area contributed by atoms with Crippen LogP contribution in [-0.2, 0) is 11.3 Å². The van der Waals surface area contributed by atoms with Crippen LogP contribution < -0.4 is 0 Å². The van der Waals surface area contributed by atoms with Gasteiger partial charge in [-0.25, -0.2) is 4.98 Å². The minimum Gasteiger partial charge on any atom is -0.371 e. The fraction of sp³-hybridized carbons (Fsp3) is 0.471. The second kappa shape index (κ2) is 6.82. The van der Waals surface area contributed by atoms with Crippen molar-refractivity contribution in [3.8, 4) is 0 Å². The number of rotatable bonds is 4. The van der Waals surface area contributed by atoms with E-state index in [9.17, 15) is 0 Å². The molecular formula is C17H22ClN3O. The van der Waals surface area contributed by atoms with Crippen LogP contribution in [0, 0.1) is 0 Å². The van der Waals surface area contributed by atoms with Crippen LogP contribution in [0.3, 0.4) is 0 Å². The zero-order valence-corrected chi connectivity index (χ0v) is 13.8. The lowest BCUT2D eigenvalue weighted by atomic mass is 10.1. The van der Waals surface area contributed by atoms with E-state index in [1.807, 2.05) is 24.7 Å². The van der Waals surface area contributed by atoms with E-state index in [1.54, 1.807) is 0 Å². The van der Waals surface area contributed by atoms with Crippen LogP contribution in [0.25, 0.3) is 0 Å². The molecule has 0 saturated carbocycles. The van der Waals surface area contributed by atoms with Crippen molar-refractivity contribution in [2.75, 3.05) is 19.7 Å². The fourth-order valence-corrected chi connectivity index (χ4v) is 3.00. The molecule has 1 atom stereocenters. The molecule has 0 aliphatic carbocycles. The average Bonchev–Trinajstić information content (AvgIpc) is 2.96. The summed E-state index contributed by atoms with van der Waals surface area (Å²) in [4.78, 5) is 6.72. The third-order valence-corrected chi connectivity index (χ3v) is 4.33. The Kier molecular flexibility index (Phi) is 4.81. The highest BCUT2D eigenvalue weighted by molar-refractivity contribution is 6.30. The van der Waals surface area contributed by atoms with Crippen molar-refractivity contribution in [3.63, 3.8) is 0 Å². The SMILES string of the molecule is CC(C)n1cncc1CN1CCOC(c2ccc(Cl)cc2)C1. The van der Waals surface area contributed by atoms with Crippen LogP contribution in [0.15, 0.2) is 36.8 Å². The third-order valence-electron chi connectivity index (χ3n) is 4.08. The molecule has 0 bridgehead atoms. The van der Waals surface area contributed by atoms with Crippen LogP contribution in [0.2, 0.25) is 5.02 Å². The number of hydrogen-bond donors (Lipinski definition) is 0. The summed E-state index contributed by atoms with van der Waals surface area (Å²) in [6.45, 7) is 7.87. The molecule has 1 aromatic heterocycles. The lowest BCUT2D eigenvalue weighted by Crippen LogP contribution is -2.38. The molecule has 1 aromatic carbocycles. The van der Waals surface area contributed by atoms with Crippen molar-refractivity contribution in [2.24, 2.45) is 0 Å². The Morgan fingerprint density at radius 2 is 2.09 bits per heavy atom. The maximum absolute atomic E-state index is 5.96. The first-order valence-electron chi connectivity index (χ1n) is 7.73. The lowest BCUT2D eigenvalue weighted by molar-refractivity contribution is -0.0336.